The van der Waals surface area contributed by atoms with E-state index in [9.17, 15) is 0 Å². The Hall–Kier alpha value is -2.02. The minimum absolute atomic E-state index is 1.09. The maximum absolute atomic E-state index is 3.32. The summed E-state index contributed by atoms with van der Waals surface area (Å²) in [7, 11) is 0. The van der Waals surface area contributed by atoms with Crippen molar-refractivity contribution in [1.29, 1.82) is 0 Å². The molecule has 0 amide bonds. The second-order valence-electron chi connectivity index (χ2n) is 4.34. The van der Waals surface area contributed by atoms with Gasteiger partial charge in [-0.3, -0.25) is 0 Å². The highest BCUT2D eigenvalue weighted by atomic mass is 14.7. The van der Waals surface area contributed by atoms with Gasteiger partial charge in [0, 0.05) is 11.7 Å². The molecule has 0 saturated heterocycles. The number of fused-ring (bicyclic) bond motifs is 1. The Morgan fingerprint density at radius 3 is 2.53 bits per heavy atom. The first-order valence-electron chi connectivity index (χ1n) is 6.02. The molecule has 0 bridgehead atoms. The molecule has 0 atom stereocenters. The van der Waals surface area contributed by atoms with Crippen LogP contribution in [0.1, 0.15) is 11.1 Å². The van der Waals surface area contributed by atoms with E-state index in [-0.39, 0.29) is 0 Å². The van der Waals surface area contributed by atoms with Crippen LogP contribution >= 0.6 is 0 Å². The van der Waals surface area contributed by atoms with Crippen LogP contribution in [0.3, 0.4) is 0 Å². The van der Waals surface area contributed by atoms with Crippen molar-refractivity contribution >= 4 is 10.9 Å². The second kappa shape index (κ2) is 4.46. The lowest BCUT2D eigenvalue weighted by atomic mass is 10.0. The number of H-pyrrole nitrogens is 1. The predicted octanol–water partition coefficient (Wildman–Crippen LogP) is 3.95. The molecule has 0 spiro atoms. The molecule has 2 aromatic carbocycles. The van der Waals surface area contributed by atoms with Crippen molar-refractivity contribution in [1.82, 2.24) is 4.98 Å². The molecule has 0 aliphatic carbocycles. The van der Waals surface area contributed by atoms with Crippen molar-refractivity contribution in [3.8, 4) is 0 Å². The lowest BCUT2D eigenvalue weighted by molar-refractivity contribution is 0.966. The fourth-order valence-electron chi connectivity index (χ4n) is 2.28. The highest BCUT2D eigenvalue weighted by Crippen LogP contribution is 2.18. The summed E-state index contributed by atoms with van der Waals surface area (Å²) < 4.78 is 0. The highest BCUT2D eigenvalue weighted by molar-refractivity contribution is 5.82. The third-order valence-corrected chi connectivity index (χ3v) is 3.20. The summed E-state index contributed by atoms with van der Waals surface area (Å²) in [6, 6.07) is 19.3. The molecule has 0 unspecified atom stereocenters. The number of hydrogen-bond donors (Lipinski definition) is 1. The maximum Gasteiger partial charge on any atom is 0.0486 e. The largest absolute Gasteiger partial charge is 0.361 e. The molecule has 0 aliphatic rings. The number of aryl methyl sites for hydroxylation is 2. The predicted molar refractivity (Wildman–Crippen MR) is 72.1 cm³/mol. The number of benzene rings is 2. The van der Waals surface area contributed by atoms with Crippen LogP contribution in [0.2, 0.25) is 0 Å². The quantitative estimate of drug-likeness (QED) is 0.689. The van der Waals surface area contributed by atoms with Crippen molar-refractivity contribution in [2.75, 3.05) is 0 Å². The van der Waals surface area contributed by atoms with Gasteiger partial charge in [-0.2, -0.15) is 0 Å². The van der Waals surface area contributed by atoms with E-state index in [4.69, 9.17) is 0 Å². The SMILES string of the molecule is c1ccc(CCc2cccc3cc[nH]c23)cc1. The van der Waals surface area contributed by atoms with Crippen LogP contribution in [0.25, 0.3) is 10.9 Å². The molecule has 3 aromatic rings. The van der Waals surface area contributed by atoms with E-state index in [1.54, 1.807) is 0 Å². The summed E-state index contributed by atoms with van der Waals surface area (Å²) in [5.74, 6) is 0. The molecule has 0 saturated carbocycles. The van der Waals surface area contributed by atoms with Gasteiger partial charge in [-0.15, -0.1) is 0 Å². The zero-order valence-corrected chi connectivity index (χ0v) is 9.69. The number of aromatic amines is 1. The van der Waals surface area contributed by atoms with Gasteiger partial charge in [-0.25, -0.2) is 0 Å². The zero-order valence-electron chi connectivity index (χ0n) is 9.69. The molecule has 0 aliphatic heterocycles. The molecule has 3 rings (SSSR count). The van der Waals surface area contributed by atoms with Crippen LogP contribution in [0.4, 0.5) is 0 Å². The Kier molecular flexibility index (Phi) is 2.66. The van der Waals surface area contributed by atoms with Gasteiger partial charge >= 0.3 is 0 Å². The highest BCUT2D eigenvalue weighted by Gasteiger charge is 2.01. The van der Waals surface area contributed by atoms with Crippen molar-refractivity contribution in [3.05, 3.63) is 71.9 Å². The van der Waals surface area contributed by atoms with E-state index in [2.05, 4.69) is 59.6 Å². The molecule has 1 aromatic heterocycles. The van der Waals surface area contributed by atoms with E-state index in [1.807, 2.05) is 6.20 Å². The van der Waals surface area contributed by atoms with Gasteiger partial charge in [0.15, 0.2) is 0 Å². The van der Waals surface area contributed by atoms with Crippen LogP contribution in [-0.4, -0.2) is 4.98 Å². The van der Waals surface area contributed by atoms with Gasteiger partial charge < -0.3 is 4.98 Å². The van der Waals surface area contributed by atoms with Crippen LogP contribution in [0.15, 0.2) is 60.8 Å². The van der Waals surface area contributed by atoms with E-state index < -0.39 is 0 Å². The number of para-hydroxylation sites is 1. The molecule has 1 N–H and O–H groups in total. The van der Waals surface area contributed by atoms with E-state index in [1.165, 1.54) is 22.0 Å². The lowest BCUT2D eigenvalue weighted by Gasteiger charge is -2.03. The molecule has 17 heavy (non-hydrogen) atoms. The number of nitrogens with one attached hydrogen (secondary N) is 1. The average Bonchev–Trinajstić information content (AvgIpc) is 2.86. The molecule has 1 heteroatoms. The second-order valence-corrected chi connectivity index (χ2v) is 4.34. The first kappa shape index (κ1) is 10.2. The Balaban J connectivity index is 1.84. The van der Waals surface area contributed by atoms with Gasteiger partial charge in [-0.1, -0.05) is 48.5 Å². The van der Waals surface area contributed by atoms with E-state index in [0.29, 0.717) is 0 Å². The summed E-state index contributed by atoms with van der Waals surface area (Å²) in [5, 5.41) is 1.30. The monoisotopic (exact) mass is 221 g/mol. The van der Waals surface area contributed by atoms with E-state index >= 15 is 0 Å². The number of aromatic nitrogens is 1. The van der Waals surface area contributed by atoms with Crippen LogP contribution < -0.4 is 0 Å². The lowest BCUT2D eigenvalue weighted by Crippen LogP contribution is -1.92. The van der Waals surface area contributed by atoms with E-state index in [0.717, 1.165) is 12.8 Å². The minimum atomic E-state index is 1.09. The molecular weight excluding hydrogens is 206 g/mol. The fourth-order valence-corrected chi connectivity index (χ4v) is 2.28. The summed E-state index contributed by atoms with van der Waals surface area (Å²) >= 11 is 0. The third-order valence-electron chi connectivity index (χ3n) is 3.20. The summed E-state index contributed by atoms with van der Waals surface area (Å²) in [6.07, 6.45) is 4.19. The van der Waals surface area contributed by atoms with Crippen molar-refractivity contribution < 1.29 is 0 Å². The van der Waals surface area contributed by atoms with Gasteiger partial charge in [-0.05, 0) is 35.4 Å². The topological polar surface area (TPSA) is 15.8 Å². The Morgan fingerprint density at radius 1 is 0.765 bits per heavy atom. The van der Waals surface area contributed by atoms with Crippen LogP contribution in [0, 0.1) is 0 Å². The average molecular weight is 221 g/mol. The molecular formula is C16H15N. The first-order valence-corrected chi connectivity index (χ1v) is 6.02. The fraction of sp³-hybridized carbons (Fsp3) is 0.125. The normalized spacial score (nSPS) is 10.8. The first-order chi connectivity index (χ1) is 8.43. The molecule has 84 valence electrons. The summed E-state index contributed by atoms with van der Waals surface area (Å²) in [5.41, 5.74) is 4.08. The van der Waals surface area contributed by atoms with Gasteiger partial charge in [0.25, 0.3) is 0 Å². The van der Waals surface area contributed by atoms with Crippen molar-refractivity contribution in [2.24, 2.45) is 0 Å². The third kappa shape index (κ3) is 2.09. The number of rotatable bonds is 3. The van der Waals surface area contributed by atoms with Gasteiger partial charge in [0.05, 0.1) is 0 Å². The summed E-state index contributed by atoms with van der Waals surface area (Å²) in [6.45, 7) is 0. The molecule has 1 heterocycles. The van der Waals surface area contributed by atoms with Crippen molar-refractivity contribution in [2.45, 2.75) is 12.8 Å². The minimum Gasteiger partial charge on any atom is -0.361 e. The Morgan fingerprint density at radius 2 is 1.65 bits per heavy atom. The standard InChI is InChI=1S/C16H15N/c1-2-5-13(6-3-1)9-10-14-7-4-8-15-11-12-17-16(14)15/h1-8,11-12,17H,9-10H2. The Labute approximate surface area is 101 Å². The molecule has 0 radical (unpaired) electrons. The van der Waals surface area contributed by atoms with Gasteiger partial charge in [0.2, 0.25) is 0 Å². The summed E-state index contributed by atoms with van der Waals surface area (Å²) in [4.78, 5) is 3.32. The van der Waals surface area contributed by atoms with Crippen molar-refractivity contribution in [3.63, 3.8) is 0 Å². The zero-order chi connectivity index (χ0) is 11.5. The van der Waals surface area contributed by atoms with Gasteiger partial charge in [0.1, 0.15) is 0 Å². The van der Waals surface area contributed by atoms with Crippen LogP contribution in [0.5, 0.6) is 0 Å². The van der Waals surface area contributed by atoms with Crippen LogP contribution in [-0.2, 0) is 12.8 Å². The molecule has 1 nitrogen and oxygen atoms in total. The maximum atomic E-state index is 3.32. The number of hydrogen-bond acceptors (Lipinski definition) is 0. The Bertz CT molecular complexity index is 608. The smallest absolute Gasteiger partial charge is 0.0486 e. The molecule has 0 fully saturated rings.